The summed E-state index contributed by atoms with van der Waals surface area (Å²) in [6.45, 7) is 7.18. The lowest BCUT2D eigenvalue weighted by Crippen LogP contribution is -2.48. The lowest BCUT2D eigenvalue weighted by molar-refractivity contribution is 0.245. The summed E-state index contributed by atoms with van der Waals surface area (Å²) in [5, 5.41) is 3.53. The topological polar surface area (TPSA) is 52.7 Å². The van der Waals surface area contributed by atoms with Crippen LogP contribution in [0, 0.1) is 11.8 Å². The first kappa shape index (κ1) is 17.2. The fourth-order valence-electron chi connectivity index (χ4n) is 2.78. The number of hydrogen-bond donors (Lipinski definition) is 1. The van der Waals surface area contributed by atoms with Crippen molar-refractivity contribution in [1.82, 2.24) is 13.9 Å². The molecule has 1 unspecified atom stereocenters. The van der Waals surface area contributed by atoms with E-state index in [1.807, 2.05) is 0 Å². The molecule has 0 aromatic rings. The van der Waals surface area contributed by atoms with E-state index in [0.717, 1.165) is 25.8 Å². The first-order valence-corrected chi connectivity index (χ1v) is 9.74. The van der Waals surface area contributed by atoms with E-state index < -0.39 is 10.2 Å². The standard InChI is InChI=1S/C15H31N3O2S/c1-13(2)8-10-17(3)21(19,20)18-9-4-5-14(12-18)11-16-15-6-7-15/h13-16H,4-12H2,1-3H3. The molecule has 0 aromatic heterocycles. The molecular weight excluding hydrogens is 286 g/mol. The van der Waals surface area contributed by atoms with Crippen molar-refractivity contribution in [1.29, 1.82) is 0 Å². The minimum atomic E-state index is -3.27. The van der Waals surface area contributed by atoms with E-state index in [1.54, 1.807) is 11.4 Å². The molecule has 5 nitrogen and oxygen atoms in total. The van der Waals surface area contributed by atoms with Crippen molar-refractivity contribution in [3.05, 3.63) is 0 Å². The Kier molecular flexibility index (Phi) is 6.05. The summed E-state index contributed by atoms with van der Waals surface area (Å²) in [7, 11) is -1.56. The molecule has 2 rings (SSSR count). The highest BCUT2D eigenvalue weighted by Crippen LogP contribution is 2.23. The van der Waals surface area contributed by atoms with Gasteiger partial charge >= 0.3 is 0 Å². The van der Waals surface area contributed by atoms with Gasteiger partial charge in [0, 0.05) is 32.7 Å². The predicted molar refractivity (Wildman–Crippen MR) is 86.3 cm³/mol. The Morgan fingerprint density at radius 3 is 2.62 bits per heavy atom. The van der Waals surface area contributed by atoms with Crippen molar-refractivity contribution in [3.8, 4) is 0 Å². The van der Waals surface area contributed by atoms with Gasteiger partial charge in [-0.3, -0.25) is 0 Å². The van der Waals surface area contributed by atoms with Gasteiger partial charge in [0.25, 0.3) is 10.2 Å². The van der Waals surface area contributed by atoms with E-state index in [-0.39, 0.29) is 0 Å². The van der Waals surface area contributed by atoms with Crippen molar-refractivity contribution in [3.63, 3.8) is 0 Å². The fourth-order valence-corrected chi connectivity index (χ4v) is 4.27. The zero-order valence-electron chi connectivity index (χ0n) is 13.7. The van der Waals surface area contributed by atoms with Crippen molar-refractivity contribution in [2.24, 2.45) is 11.8 Å². The van der Waals surface area contributed by atoms with E-state index in [4.69, 9.17) is 0 Å². The molecule has 0 spiro atoms. The smallest absolute Gasteiger partial charge is 0.281 e. The van der Waals surface area contributed by atoms with Crippen LogP contribution in [-0.2, 0) is 10.2 Å². The van der Waals surface area contributed by atoms with Crippen LogP contribution in [0.15, 0.2) is 0 Å². The molecule has 0 radical (unpaired) electrons. The van der Waals surface area contributed by atoms with Crippen LogP contribution in [0.2, 0.25) is 0 Å². The average Bonchev–Trinajstić information content (AvgIpc) is 3.27. The van der Waals surface area contributed by atoms with Crippen molar-refractivity contribution in [2.75, 3.05) is 33.2 Å². The summed E-state index contributed by atoms with van der Waals surface area (Å²) >= 11 is 0. The molecule has 1 aliphatic heterocycles. The summed E-state index contributed by atoms with van der Waals surface area (Å²) in [5.41, 5.74) is 0. The highest BCUT2D eigenvalue weighted by Gasteiger charge is 2.32. The Morgan fingerprint density at radius 2 is 2.00 bits per heavy atom. The number of nitrogens with one attached hydrogen (secondary N) is 1. The Bertz CT molecular complexity index is 421. The van der Waals surface area contributed by atoms with Crippen LogP contribution in [-0.4, -0.2) is 56.3 Å². The van der Waals surface area contributed by atoms with Crippen LogP contribution in [0.25, 0.3) is 0 Å². The van der Waals surface area contributed by atoms with Crippen LogP contribution in [0.1, 0.15) is 46.0 Å². The van der Waals surface area contributed by atoms with Crippen LogP contribution in [0.3, 0.4) is 0 Å². The third-order valence-electron chi connectivity index (χ3n) is 4.50. The monoisotopic (exact) mass is 317 g/mol. The highest BCUT2D eigenvalue weighted by atomic mass is 32.2. The Morgan fingerprint density at radius 1 is 1.29 bits per heavy atom. The zero-order chi connectivity index (χ0) is 15.5. The van der Waals surface area contributed by atoms with Crippen molar-refractivity contribution < 1.29 is 8.42 Å². The van der Waals surface area contributed by atoms with E-state index in [1.165, 1.54) is 17.1 Å². The Balaban J connectivity index is 1.85. The van der Waals surface area contributed by atoms with Crippen molar-refractivity contribution in [2.45, 2.75) is 52.0 Å². The highest BCUT2D eigenvalue weighted by molar-refractivity contribution is 7.86. The van der Waals surface area contributed by atoms with Gasteiger partial charge in [-0.05, 0) is 50.5 Å². The van der Waals surface area contributed by atoms with E-state index in [0.29, 0.717) is 37.5 Å². The molecule has 1 N–H and O–H groups in total. The molecular formula is C15H31N3O2S. The van der Waals surface area contributed by atoms with Gasteiger partial charge in [0.05, 0.1) is 0 Å². The molecule has 1 saturated heterocycles. The molecule has 1 aliphatic carbocycles. The van der Waals surface area contributed by atoms with E-state index in [9.17, 15) is 8.42 Å². The lowest BCUT2D eigenvalue weighted by atomic mass is 10.00. The number of hydrogen-bond acceptors (Lipinski definition) is 3. The lowest BCUT2D eigenvalue weighted by Gasteiger charge is -2.34. The molecule has 124 valence electrons. The van der Waals surface area contributed by atoms with Crippen molar-refractivity contribution >= 4 is 10.2 Å². The maximum absolute atomic E-state index is 12.6. The second-order valence-corrected chi connectivity index (χ2v) is 9.10. The van der Waals surface area contributed by atoms with Gasteiger partial charge in [0.1, 0.15) is 0 Å². The predicted octanol–water partition coefficient (Wildman–Crippen LogP) is 1.67. The minimum Gasteiger partial charge on any atom is -0.314 e. The summed E-state index contributed by atoms with van der Waals surface area (Å²) in [5.74, 6) is 0.993. The summed E-state index contributed by atoms with van der Waals surface area (Å²) in [6, 6.07) is 0.700. The van der Waals surface area contributed by atoms with E-state index in [2.05, 4.69) is 19.2 Å². The molecule has 0 amide bonds. The molecule has 2 aliphatic rings. The normalized spacial score (nSPS) is 24.9. The van der Waals surface area contributed by atoms with Gasteiger partial charge in [0.2, 0.25) is 0 Å². The second-order valence-electron chi connectivity index (χ2n) is 7.06. The molecule has 0 aromatic carbocycles. The third kappa shape index (κ3) is 5.20. The van der Waals surface area contributed by atoms with Crippen LogP contribution >= 0.6 is 0 Å². The van der Waals surface area contributed by atoms with Crippen LogP contribution in [0.4, 0.5) is 0 Å². The maximum atomic E-state index is 12.6. The van der Waals surface area contributed by atoms with E-state index >= 15 is 0 Å². The van der Waals surface area contributed by atoms with Crippen LogP contribution in [0.5, 0.6) is 0 Å². The number of piperidine rings is 1. The van der Waals surface area contributed by atoms with Gasteiger partial charge < -0.3 is 5.32 Å². The molecule has 21 heavy (non-hydrogen) atoms. The number of rotatable bonds is 8. The summed E-state index contributed by atoms with van der Waals surface area (Å²) in [6.07, 6.45) is 5.60. The molecule has 1 saturated carbocycles. The van der Waals surface area contributed by atoms with Gasteiger partial charge in [-0.2, -0.15) is 17.0 Å². The van der Waals surface area contributed by atoms with Gasteiger partial charge in [-0.25, -0.2) is 0 Å². The Hall–Kier alpha value is -0.170. The molecule has 6 heteroatoms. The maximum Gasteiger partial charge on any atom is 0.281 e. The fraction of sp³-hybridized carbons (Fsp3) is 1.00. The van der Waals surface area contributed by atoms with Gasteiger partial charge in [0.15, 0.2) is 0 Å². The quantitative estimate of drug-likeness (QED) is 0.741. The zero-order valence-corrected chi connectivity index (χ0v) is 14.5. The molecule has 1 atom stereocenters. The SMILES string of the molecule is CC(C)CCN(C)S(=O)(=O)N1CCCC(CNC2CC2)C1. The van der Waals surface area contributed by atoms with Gasteiger partial charge in [-0.15, -0.1) is 0 Å². The molecule has 1 heterocycles. The number of nitrogens with zero attached hydrogens (tertiary/aromatic N) is 2. The minimum absolute atomic E-state index is 0.465. The summed E-state index contributed by atoms with van der Waals surface area (Å²) in [4.78, 5) is 0. The van der Waals surface area contributed by atoms with Crippen LogP contribution < -0.4 is 5.32 Å². The Labute approximate surface area is 130 Å². The third-order valence-corrected chi connectivity index (χ3v) is 6.45. The largest absolute Gasteiger partial charge is 0.314 e. The second kappa shape index (κ2) is 7.40. The first-order valence-electron chi connectivity index (χ1n) is 8.34. The molecule has 2 fully saturated rings. The van der Waals surface area contributed by atoms with Gasteiger partial charge in [-0.1, -0.05) is 13.8 Å². The molecule has 0 bridgehead atoms. The first-order chi connectivity index (χ1) is 9.89. The summed E-state index contributed by atoms with van der Waals surface area (Å²) < 4.78 is 28.5. The average molecular weight is 317 g/mol.